The van der Waals surface area contributed by atoms with E-state index in [4.69, 9.17) is 19.9 Å². The van der Waals surface area contributed by atoms with E-state index < -0.39 is 0 Å². The number of nitrogens with two attached hydrogens (primary N) is 1. The number of methoxy groups -OCH3 is 1. The zero-order valence-electron chi connectivity index (χ0n) is 12.7. The maximum absolute atomic E-state index is 11.8. The van der Waals surface area contributed by atoms with Gasteiger partial charge < -0.3 is 25.3 Å². The molecule has 6 nitrogen and oxygen atoms in total. The van der Waals surface area contributed by atoms with E-state index in [1.807, 2.05) is 0 Å². The van der Waals surface area contributed by atoms with Crippen molar-refractivity contribution >= 4 is 29.7 Å². The van der Waals surface area contributed by atoms with Gasteiger partial charge in [-0.1, -0.05) is 0 Å². The van der Waals surface area contributed by atoms with Gasteiger partial charge in [0, 0.05) is 12.3 Å². The van der Waals surface area contributed by atoms with E-state index in [2.05, 4.69) is 5.32 Å². The summed E-state index contributed by atoms with van der Waals surface area (Å²) in [6, 6.07) is 5.14. The number of hydrogen-bond acceptors (Lipinski definition) is 5. The predicted molar refractivity (Wildman–Crippen MR) is 87.7 cm³/mol. The van der Waals surface area contributed by atoms with E-state index in [1.165, 1.54) is 0 Å². The molecular weight excluding hydrogens is 308 g/mol. The number of hydrogen-bond donors (Lipinski definition) is 2. The Hall–Kier alpha value is -1.50. The van der Waals surface area contributed by atoms with Crippen LogP contribution in [0.1, 0.15) is 19.3 Å². The molecule has 22 heavy (non-hydrogen) atoms. The number of halogens is 1. The summed E-state index contributed by atoms with van der Waals surface area (Å²) >= 11 is 0. The number of benzene rings is 1. The van der Waals surface area contributed by atoms with Crippen LogP contribution in [0.4, 0.5) is 11.4 Å². The van der Waals surface area contributed by atoms with Gasteiger partial charge in [0.2, 0.25) is 5.91 Å². The van der Waals surface area contributed by atoms with Gasteiger partial charge in [-0.05, 0) is 31.0 Å². The number of carbonyl (C=O) groups excluding carboxylic acids is 1. The van der Waals surface area contributed by atoms with Gasteiger partial charge in [-0.2, -0.15) is 0 Å². The average molecular weight is 331 g/mol. The van der Waals surface area contributed by atoms with Gasteiger partial charge in [0.05, 0.1) is 38.5 Å². The van der Waals surface area contributed by atoms with Crippen LogP contribution in [-0.2, 0) is 14.3 Å². The lowest BCUT2D eigenvalue weighted by atomic mass is 10.2. The Labute approximate surface area is 136 Å². The SMILES string of the molecule is COc1ccc(NC(=O)CCOCC2CCCO2)cc1N.Cl. The van der Waals surface area contributed by atoms with Crippen molar-refractivity contribution in [3.8, 4) is 5.75 Å². The molecule has 7 heteroatoms. The molecule has 0 aliphatic carbocycles. The van der Waals surface area contributed by atoms with Gasteiger partial charge in [0.15, 0.2) is 0 Å². The normalized spacial score (nSPS) is 16.9. The topological polar surface area (TPSA) is 82.8 Å². The quantitative estimate of drug-likeness (QED) is 0.591. The number of anilines is 2. The molecule has 1 unspecified atom stereocenters. The molecule has 0 bridgehead atoms. The van der Waals surface area contributed by atoms with Crippen molar-refractivity contribution in [2.45, 2.75) is 25.4 Å². The number of carbonyl (C=O) groups is 1. The van der Waals surface area contributed by atoms with Crippen molar-refractivity contribution < 1.29 is 19.0 Å². The van der Waals surface area contributed by atoms with Crippen LogP contribution in [0.5, 0.6) is 5.75 Å². The lowest BCUT2D eigenvalue weighted by Crippen LogP contribution is -2.18. The summed E-state index contributed by atoms with van der Waals surface area (Å²) < 4.78 is 16.0. The third-order valence-electron chi connectivity index (χ3n) is 3.31. The second-order valence-corrected chi connectivity index (χ2v) is 4.96. The minimum atomic E-state index is -0.105. The molecule has 1 aliphatic rings. The number of amides is 1. The average Bonchev–Trinajstić information content (AvgIpc) is 2.97. The first-order valence-electron chi connectivity index (χ1n) is 7.11. The molecule has 1 saturated heterocycles. The van der Waals surface area contributed by atoms with Crippen molar-refractivity contribution in [1.82, 2.24) is 0 Å². The van der Waals surface area contributed by atoms with Crippen molar-refractivity contribution in [3.63, 3.8) is 0 Å². The summed E-state index contributed by atoms with van der Waals surface area (Å²) in [4.78, 5) is 11.8. The molecule has 1 aromatic rings. The monoisotopic (exact) mass is 330 g/mol. The highest BCUT2D eigenvalue weighted by Crippen LogP contribution is 2.24. The smallest absolute Gasteiger partial charge is 0.226 e. The minimum absolute atomic E-state index is 0. The molecule has 0 aromatic heterocycles. The fourth-order valence-electron chi connectivity index (χ4n) is 2.19. The van der Waals surface area contributed by atoms with Crippen molar-refractivity contribution in [3.05, 3.63) is 18.2 Å². The molecule has 1 aromatic carbocycles. The second-order valence-electron chi connectivity index (χ2n) is 4.96. The summed E-state index contributed by atoms with van der Waals surface area (Å²) in [5, 5.41) is 2.78. The Morgan fingerprint density at radius 3 is 2.95 bits per heavy atom. The molecule has 1 heterocycles. The third-order valence-corrected chi connectivity index (χ3v) is 3.31. The van der Waals surface area contributed by atoms with Gasteiger partial charge in [0.1, 0.15) is 5.75 Å². The molecule has 2 rings (SSSR count). The summed E-state index contributed by atoms with van der Waals surface area (Å²) in [5.41, 5.74) is 6.93. The molecule has 0 spiro atoms. The van der Waals surface area contributed by atoms with Gasteiger partial charge in [-0.25, -0.2) is 0 Å². The Bertz CT molecular complexity index is 479. The van der Waals surface area contributed by atoms with E-state index in [-0.39, 0.29) is 24.4 Å². The van der Waals surface area contributed by atoms with Crippen LogP contribution >= 0.6 is 12.4 Å². The third kappa shape index (κ3) is 5.71. The van der Waals surface area contributed by atoms with Crippen LogP contribution in [0.25, 0.3) is 0 Å². The van der Waals surface area contributed by atoms with Crippen LogP contribution < -0.4 is 15.8 Å². The standard InChI is InChI=1S/C15H22N2O4.ClH/c1-19-14-5-4-11(9-13(14)16)17-15(18)6-8-20-10-12-3-2-7-21-12;/h4-5,9,12H,2-3,6-8,10,16H2,1H3,(H,17,18);1H. The van der Waals surface area contributed by atoms with E-state index in [0.717, 1.165) is 19.4 Å². The Kier molecular flexibility index (Phi) is 8.01. The number of nitrogens with one attached hydrogen (secondary N) is 1. The lowest BCUT2D eigenvalue weighted by Gasteiger charge is -2.11. The first kappa shape index (κ1) is 18.5. The van der Waals surface area contributed by atoms with Crippen LogP contribution in [0.2, 0.25) is 0 Å². The first-order chi connectivity index (χ1) is 10.2. The highest BCUT2D eigenvalue weighted by Gasteiger charge is 2.15. The molecule has 124 valence electrons. The Morgan fingerprint density at radius 2 is 2.32 bits per heavy atom. The molecule has 3 N–H and O–H groups in total. The van der Waals surface area contributed by atoms with Crippen LogP contribution in [0, 0.1) is 0 Å². The van der Waals surface area contributed by atoms with Crippen LogP contribution in [-0.4, -0.2) is 38.9 Å². The second kappa shape index (κ2) is 9.50. The number of nitrogen functional groups attached to an aromatic ring is 1. The predicted octanol–water partition coefficient (Wildman–Crippen LogP) is 2.22. The van der Waals surface area contributed by atoms with E-state index >= 15 is 0 Å². The largest absolute Gasteiger partial charge is 0.495 e. The van der Waals surface area contributed by atoms with Crippen LogP contribution in [0.3, 0.4) is 0 Å². The molecule has 1 amide bonds. The maximum Gasteiger partial charge on any atom is 0.226 e. The maximum atomic E-state index is 11.8. The lowest BCUT2D eigenvalue weighted by molar-refractivity contribution is -0.117. The van der Waals surface area contributed by atoms with Crippen molar-refractivity contribution in [2.24, 2.45) is 0 Å². The highest BCUT2D eigenvalue weighted by molar-refractivity contribution is 5.91. The fraction of sp³-hybridized carbons (Fsp3) is 0.533. The molecule has 1 atom stereocenters. The summed E-state index contributed by atoms with van der Waals surface area (Å²) in [5.74, 6) is 0.486. The molecule has 0 saturated carbocycles. The first-order valence-corrected chi connectivity index (χ1v) is 7.11. The minimum Gasteiger partial charge on any atom is -0.495 e. The zero-order chi connectivity index (χ0) is 15.1. The van der Waals surface area contributed by atoms with Gasteiger partial charge in [-0.3, -0.25) is 4.79 Å². The van der Waals surface area contributed by atoms with Gasteiger partial charge in [0.25, 0.3) is 0 Å². The molecule has 1 fully saturated rings. The van der Waals surface area contributed by atoms with E-state index in [1.54, 1.807) is 25.3 Å². The van der Waals surface area contributed by atoms with Gasteiger partial charge >= 0.3 is 0 Å². The fourth-order valence-corrected chi connectivity index (χ4v) is 2.19. The van der Waals surface area contributed by atoms with E-state index in [9.17, 15) is 4.79 Å². The summed E-state index contributed by atoms with van der Waals surface area (Å²) in [7, 11) is 1.55. The summed E-state index contributed by atoms with van der Waals surface area (Å²) in [6.45, 7) is 1.76. The Balaban J connectivity index is 0.00000242. The van der Waals surface area contributed by atoms with Crippen molar-refractivity contribution in [1.29, 1.82) is 0 Å². The number of rotatable bonds is 7. The van der Waals surface area contributed by atoms with E-state index in [0.29, 0.717) is 36.8 Å². The molecule has 0 radical (unpaired) electrons. The number of ether oxygens (including phenoxy) is 3. The molecule has 1 aliphatic heterocycles. The Morgan fingerprint density at radius 1 is 1.50 bits per heavy atom. The zero-order valence-corrected chi connectivity index (χ0v) is 13.5. The highest BCUT2D eigenvalue weighted by atomic mass is 35.5. The van der Waals surface area contributed by atoms with Crippen molar-refractivity contribution in [2.75, 3.05) is 38.0 Å². The summed E-state index contributed by atoms with van der Waals surface area (Å²) in [6.07, 6.45) is 2.62. The van der Waals surface area contributed by atoms with Crippen LogP contribution in [0.15, 0.2) is 18.2 Å². The molecular formula is C15H23ClN2O4. The van der Waals surface area contributed by atoms with Gasteiger partial charge in [-0.15, -0.1) is 12.4 Å².